The van der Waals surface area contributed by atoms with Crippen molar-refractivity contribution in [1.29, 1.82) is 0 Å². The lowest BCUT2D eigenvalue weighted by molar-refractivity contribution is -0.113. The molecule has 0 aliphatic heterocycles. The number of carbonyl (C=O) groups excluding carboxylic acids is 1. The zero-order valence-electron chi connectivity index (χ0n) is 16.7. The normalized spacial score (nSPS) is 11.2. The van der Waals surface area contributed by atoms with Crippen LogP contribution in [0.5, 0.6) is 0 Å². The van der Waals surface area contributed by atoms with E-state index in [9.17, 15) is 4.79 Å². The van der Waals surface area contributed by atoms with Crippen LogP contribution in [-0.4, -0.2) is 26.4 Å². The molecule has 1 N–H and O–H groups in total. The van der Waals surface area contributed by atoms with Gasteiger partial charge in [-0.3, -0.25) is 4.79 Å². The summed E-state index contributed by atoms with van der Waals surface area (Å²) in [7, 11) is 0. The van der Waals surface area contributed by atoms with Crippen LogP contribution in [0.25, 0.3) is 11.4 Å². The van der Waals surface area contributed by atoms with Gasteiger partial charge >= 0.3 is 0 Å². The summed E-state index contributed by atoms with van der Waals surface area (Å²) < 4.78 is 2.93. The lowest BCUT2D eigenvalue weighted by Crippen LogP contribution is -2.16. The fourth-order valence-electron chi connectivity index (χ4n) is 2.99. The Bertz CT molecular complexity index is 1070. The topological polar surface area (TPSA) is 59.8 Å². The number of thioether (sulfide) groups is 1. The van der Waals surface area contributed by atoms with Gasteiger partial charge in [-0.05, 0) is 54.8 Å². The van der Waals surface area contributed by atoms with Crippen molar-refractivity contribution < 1.29 is 4.79 Å². The van der Waals surface area contributed by atoms with Gasteiger partial charge in [0.2, 0.25) is 5.91 Å². The number of aromatic nitrogens is 3. The van der Waals surface area contributed by atoms with Crippen LogP contribution in [0.3, 0.4) is 0 Å². The highest BCUT2D eigenvalue weighted by Crippen LogP contribution is 2.32. The van der Waals surface area contributed by atoms with Gasteiger partial charge in [-0.2, -0.15) is 0 Å². The molecule has 0 bridgehead atoms. The van der Waals surface area contributed by atoms with E-state index in [1.807, 2.05) is 35.8 Å². The Morgan fingerprint density at radius 3 is 2.63 bits per heavy atom. The van der Waals surface area contributed by atoms with Crippen LogP contribution in [0.2, 0.25) is 10.0 Å². The molecule has 0 fully saturated rings. The number of nitrogens with zero attached hydrogens (tertiary/aromatic N) is 3. The molecule has 0 saturated heterocycles. The summed E-state index contributed by atoms with van der Waals surface area (Å²) in [5.41, 5.74) is 2.66. The van der Waals surface area contributed by atoms with Crippen molar-refractivity contribution in [2.45, 2.75) is 38.4 Å². The van der Waals surface area contributed by atoms with Gasteiger partial charge in [0, 0.05) is 27.3 Å². The molecule has 0 spiro atoms. The molecular formula is C21H21BrCl2N4OS. The zero-order chi connectivity index (χ0) is 21.8. The summed E-state index contributed by atoms with van der Waals surface area (Å²) in [5, 5.41) is 13.3. The molecule has 9 heteroatoms. The number of hydrogen-bond donors (Lipinski definition) is 1. The van der Waals surface area contributed by atoms with E-state index in [1.54, 1.807) is 12.1 Å². The first-order chi connectivity index (χ1) is 14.3. The summed E-state index contributed by atoms with van der Waals surface area (Å²) in [5.74, 6) is 1.07. The molecule has 0 aliphatic rings. The van der Waals surface area contributed by atoms with Crippen LogP contribution >= 0.6 is 50.9 Å². The fourth-order valence-corrected chi connectivity index (χ4v) is 4.67. The highest BCUT2D eigenvalue weighted by Gasteiger charge is 2.17. The SMILES string of the molecule is CCn1c(SCC(=O)Nc2ccc(Br)cc2C(C)C)nnc1-c1ccc(Cl)cc1Cl. The third kappa shape index (κ3) is 5.38. The summed E-state index contributed by atoms with van der Waals surface area (Å²) in [4.78, 5) is 12.6. The van der Waals surface area contributed by atoms with Gasteiger partial charge in [0.25, 0.3) is 0 Å². The number of anilines is 1. The number of nitrogens with one attached hydrogen (secondary N) is 1. The average molecular weight is 528 g/mol. The van der Waals surface area contributed by atoms with Crippen molar-refractivity contribution >= 4 is 62.5 Å². The Labute approximate surface area is 198 Å². The van der Waals surface area contributed by atoms with Crippen molar-refractivity contribution in [2.24, 2.45) is 0 Å². The molecule has 2 aromatic carbocycles. The monoisotopic (exact) mass is 526 g/mol. The number of benzene rings is 2. The van der Waals surface area contributed by atoms with E-state index in [0.717, 1.165) is 21.3 Å². The second-order valence-corrected chi connectivity index (χ2v) is 9.60. The predicted octanol–water partition coefficient (Wildman–Crippen LogP) is 6.89. The molecule has 158 valence electrons. The molecule has 0 atom stereocenters. The lowest BCUT2D eigenvalue weighted by Gasteiger charge is -2.14. The first-order valence-electron chi connectivity index (χ1n) is 9.40. The largest absolute Gasteiger partial charge is 0.325 e. The maximum atomic E-state index is 12.6. The zero-order valence-corrected chi connectivity index (χ0v) is 20.7. The number of hydrogen-bond acceptors (Lipinski definition) is 4. The molecule has 0 aliphatic carbocycles. The highest BCUT2D eigenvalue weighted by atomic mass is 79.9. The van der Waals surface area contributed by atoms with Crippen LogP contribution in [0.15, 0.2) is 46.0 Å². The Hall–Kier alpha value is -1.54. The molecular weight excluding hydrogens is 507 g/mol. The van der Waals surface area contributed by atoms with Crippen molar-refractivity contribution in [3.05, 3.63) is 56.5 Å². The molecule has 30 heavy (non-hydrogen) atoms. The minimum atomic E-state index is -0.0963. The van der Waals surface area contributed by atoms with Gasteiger partial charge in [0.1, 0.15) is 0 Å². The smallest absolute Gasteiger partial charge is 0.234 e. The lowest BCUT2D eigenvalue weighted by atomic mass is 10.0. The van der Waals surface area contributed by atoms with Crippen LogP contribution in [0.4, 0.5) is 5.69 Å². The Kier molecular flexibility index (Phi) is 7.85. The number of amides is 1. The molecule has 1 aromatic heterocycles. The van der Waals surface area contributed by atoms with Crippen molar-refractivity contribution in [2.75, 3.05) is 11.1 Å². The molecule has 5 nitrogen and oxygen atoms in total. The van der Waals surface area contributed by atoms with E-state index in [2.05, 4.69) is 45.3 Å². The van der Waals surface area contributed by atoms with Gasteiger partial charge in [-0.1, -0.05) is 64.7 Å². The fraction of sp³-hybridized carbons (Fsp3) is 0.286. The molecule has 3 aromatic rings. The predicted molar refractivity (Wildman–Crippen MR) is 129 cm³/mol. The summed E-state index contributed by atoms with van der Waals surface area (Å²) in [6.07, 6.45) is 0. The number of carbonyl (C=O) groups is 1. The summed E-state index contributed by atoms with van der Waals surface area (Å²) >= 11 is 17.2. The van der Waals surface area contributed by atoms with E-state index in [1.165, 1.54) is 11.8 Å². The van der Waals surface area contributed by atoms with E-state index in [4.69, 9.17) is 23.2 Å². The quantitative estimate of drug-likeness (QED) is 0.340. The van der Waals surface area contributed by atoms with Gasteiger partial charge in [-0.25, -0.2) is 0 Å². The van der Waals surface area contributed by atoms with Gasteiger partial charge in [0.05, 0.1) is 10.8 Å². The van der Waals surface area contributed by atoms with Gasteiger partial charge < -0.3 is 9.88 Å². The maximum absolute atomic E-state index is 12.6. The Balaban J connectivity index is 1.74. The van der Waals surface area contributed by atoms with Crippen LogP contribution < -0.4 is 5.32 Å². The molecule has 0 saturated carbocycles. The van der Waals surface area contributed by atoms with Gasteiger partial charge in [-0.15, -0.1) is 10.2 Å². The van der Waals surface area contributed by atoms with Crippen LogP contribution in [0, 0.1) is 0 Å². The van der Waals surface area contributed by atoms with E-state index < -0.39 is 0 Å². The summed E-state index contributed by atoms with van der Waals surface area (Å²) in [6.45, 7) is 6.84. The van der Waals surface area contributed by atoms with Gasteiger partial charge in [0.15, 0.2) is 11.0 Å². The minimum absolute atomic E-state index is 0.0963. The third-order valence-electron chi connectivity index (χ3n) is 4.45. The van der Waals surface area contributed by atoms with E-state index >= 15 is 0 Å². The Morgan fingerprint density at radius 2 is 1.97 bits per heavy atom. The van der Waals surface area contributed by atoms with Crippen molar-refractivity contribution in [3.63, 3.8) is 0 Å². The molecule has 0 radical (unpaired) electrons. The summed E-state index contributed by atoms with van der Waals surface area (Å²) in [6, 6.07) is 11.1. The maximum Gasteiger partial charge on any atom is 0.234 e. The standard InChI is InChI=1S/C21H21BrCl2N4OS/c1-4-28-20(15-7-6-14(23)10-17(15)24)26-27-21(28)30-11-19(29)25-18-8-5-13(22)9-16(18)12(2)3/h5-10,12H,4,11H2,1-3H3,(H,25,29). The minimum Gasteiger partial charge on any atom is -0.325 e. The second kappa shape index (κ2) is 10.2. The highest BCUT2D eigenvalue weighted by molar-refractivity contribution is 9.10. The second-order valence-electron chi connectivity index (χ2n) is 6.90. The van der Waals surface area contributed by atoms with Crippen molar-refractivity contribution in [1.82, 2.24) is 14.8 Å². The number of halogens is 3. The van der Waals surface area contributed by atoms with Crippen LogP contribution in [0.1, 0.15) is 32.3 Å². The molecule has 0 unspecified atom stereocenters. The first-order valence-corrected chi connectivity index (χ1v) is 11.9. The van der Waals surface area contributed by atoms with E-state index in [-0.39, 0.29) is 11.7 Å². The molecule has 1 heterocycles. The van der Waals surface area contributed by atoms with E-state index in [0.29, 0.717) is 33.5 Å². The van der Waals surface area contributed by atoms with Crippen molar-refractivity contribution in [3.8, 4) is 11.4 Å². The Morgan fingerprint density at radius 1 is 1.20 bits per heavy atom. The van der Waals surface area contributed by atoms with Crippen LogP contribution in [-0.2, 0) is 11.3 Å². The molecule has 3 rings (SSSR count). The number of rotatable bonds is 7. The molecule has 1 amide bonds. The first kappa shape index (κ1) is 23.1. The average Bonchev–Trinajstić information content (AvgIpc) is 3.10. The third-order valence-corrected chi connectivity index (χ3v) is 6.45.